The van der Waals surface area contributed by atoms with Crippen LogP contribution < -0.4 is 0 Å². The van der Waals surface area contributed by atoms with Crippen molar-refractivity contribution in [1.82, 2.24) is 0 Å². The van der Waals surface area contributed by atoms with Crippen molar-refractivity contribution in [3.63, 3.8) is 0 Å². The van der Waals surface area contributed by atoms with Crippen molar-refractivity contribution in [2.45, 2.75) is 60.3 Å². The summed E-state index contributed by atoms with van der Waals surface area (Å²) in [6.45, 7) is 12.2. The van der Waals surface area contributed by atoms with Crippen molar-refractivity contribution in [2.75, 3.05) is 6.61 Å². The van der Waals surface area contributed by atoms with Gasteiger partial charge in [0.2, 0.25) is 0 Å². The monoisotopic (exact) mass is 214 g/mol. The zero-order chi connectivity index (χ0) is 11.9. The molecule has 0 atom stereocenters. The van der Waals surface area contributed by atoms with Gasteiger partial charge < -0.3 is 4.74 Å². The third-order valence-corrected chi connectivity index (χ3v) is 2.71. The minimum atomic E-state index is 0.0815. The first-order chi connectivity index (χ1) is 6.83. The topological polar surface area (TPSA) is 26.3 Å². The zero-order valence-electron chi connectivity index (χ0n) is 10.9. The highest BCUT2D eigenvalue weighted by molar-refractivity contribution is 5.36. The van der Waals surface area contributed by atoms with E-state index in [0.29, 0.717) is 18.5 Å². The van der Waals surface area contributed by atoms with E-state index < -0.39 is 0 Å². The van der Waals surface area contributed by atoms with Gasteiger partial charge in [-0.15, -0.1) is 0 Å². The number of ether oxygens (including phenoxy) is 1. The van der Waals surface area contributed by atoms with Crippen molar-refractivity contribution in [3.8, 4) is 0 Å². The number of rotatable bonds is 8. The molecule has 0 saturated heterocycles. The highest BCUT2D eigenvalue weighted by atomic mass is 16.5. The maximum atomic E-state index is 10.2. The number of carbonyl (C=O) groups is 1. The SMILES string of the molecule is CCCCC(C)(C)CC(C)(C)COC=O. The lowest BCUT2D eigenvalue weighted by Gasteiger charge is -2.34. The molecule has 0 saturated carbocycles. The van der Waals surface area contributed by atoms with E-state index in [4.69, 9.17) is 4.74 Å². The normalized spacial score (nSPS) is 12.6. The Kier molecular flexibility index (Phi) is 5.92. The number of carbonyl (C=O) groups excluding carboxylic acids is 1. The van der Waals surface area contributed by atoms with Gasteiger partial charge in [-0.05, 0) is 23.7 Å². The van der Waals surface area contributed by atoms with E-state index in [9.17, 15) is 4.79 Å². The van der Waals surface area contributed by atoms with Crippen molar-refractivity contribution in [2.24, 2.45) is 10.8 Å². The predicted molar refractivity (Wildman–Crippen MR) is 63.7 cm³/mol. The summed E-state index contributed by atoms with van der Waals surface area (Å²) in [5, 5.41) is 0. The van der Waals surface area contributed by atoms with E-state index in [-0.39, 0.29) is 5.41 Å². The Morgan fingerprint density at radius 2 is 1.73 bits per heavy atom. The van der Waals surface area contributed by atoms with Gasteiger partial charge >= 0.3 is 0 Å². The van der Waals surface area contributed by atoms with Crippen LogP contribution in [0, 0.1) is 10.8 Å². The van der Waals surface area contributed by atoms with E-state index in [1.807, 2.05) is 0 Å². The fourth-order valence-corrected chi connectivity index (χ4v) is 2.35. The molecule has 15 heavy (non-hydrogen) atoms. The molecular formula is C13H26O2. The number of hydrogen-bond donors (Lipinski definition) is 0. The zero-order valence-corrected chi connectivity index (χ0v) is 10.9. The molecule has 2 heteroatoms. The molecule has 0 spiro atoms. The maximum absolute atomic E-state index is 10.2. The van der Waals surface area contributed by atoms with Gasteiger partial charge in [-0.25, -0.2) is 0 Å². The Bertz CT molecular complexity index is 183. The largest absolute Gasteiger partial charge is 0.467 e. The summed E-state index contributed by atoms with van der Waals surface area (Å²) < 4.78 is 4.87. The van der Waals surface area contributed by atoms with Crippen LogP contribution in [0.3, 0.4) is 0 Å². The quantitative estimate of drug-likeness (QED) is 0.575. The van der Waals surface area contributed by atoms with E-state index in [0.717, 1.165) is 6.42 Å². The van der Waals surface area contributed by atoms with Crippen LogP contribution in [-0.4, -0.2) is 13.1 Å². The van der Waals surface area contributed by atoms with Gasteiger partial charge in [0.25, 0.3) is 6.47 Å². The fourth-order valence-electron chi connectivity index (χ4n) is 2.35. The van der Waals surface area contributed by atoms with Crippen LogP contribution in [0.5, 0.6) is 0 Å². The minimum absolute atomic E-state index is 0.0815. The average molecular weight is 214 g/mol. The predicted octanol–water partition coefficient (Wildman–Crippen LogP) is 3.79. The van der Waals surface area contributed by atoms with Crippen LogP contribution in [0.15, 0.2) is 0 Å². The lowest BCUT2D eigenvalue weighted by atomic mass is 9.73. The standard InChI is InChI=1S/C13H26O2/c1-6-7-8-12(2,3)9-13(4,5)10-15-11-14/h11H,6-10H2,1-5H3. The van der Waals surface area contributed by atoms with Crippen molar-refractivity contribution in [3.05, 3.63) is 0 Å². The fraction of sp³-hybridized carbons (Fsp3) is 0.923. The second-order valence-electron chi connectivity index (χ2n) is 6.02. The highest BCUT2D eigenvalue weighted by Gasteiger charge is 2.28. The molecule has 0 rings (SSSR count). The third-order valence-electron chi connectivity index (χ3n) is 2.71. The minimum Gasteiger partial charge on any atom is -0.467 e. The molecule has 0 bridgehead atoms. The maximum Gasteiger partial charge on any atom is 0.293 e. The van der Waals surface area contributed by atoms with Crippen LogP contribution >= 0.6 is 0 Å². The van der Waals surface area contributed by atoms with Crippen molar-refractivity contribution < 1.29 is 9.53 Å². The summed E-state index contributed by atoms with van der Waals surface area (Å²) in [6, 6.07) is 0. The van der Waals surface area contributed by atoms with Gasteiger partial charge in [-0.3, -0.25) is 4.79 Å². The first-order valence-corrected chi connectivity index (χ1v) is 5.88. The van der Waals surface area contributed by atoms with Crippen LogP contribution in [0.25, 0.3) is 0 Å². The smallest absolute Gasteiger partial charge is 0.293 e. The first-order valence-electron chi connectivity index (χ1n) is 5.88. The molecule has 0 aliphatic carbocycles. The average Bonchev–Trinajstić information content (AvgIpc) is 2.10. The molecule has 0 N–H and O–H groups in total. The number of hydrogen-bond acceptors (Lipinski definition) is 2. The molecule has 0 aliphatic heterocycles. The molecule has 90 valence electrons. The summed E-state index contributed by atoms with van der Waals surface area (Å²) in [5.41, 5.74) is 0.421. The lowest BCUT2D eigenvalue weighted by Crippen LogP contribution is -2.27. The Hall–Kier alpha value is -0.530. The Labute approximate surface area is 94.4 Å². The van der Waals surface area contributed by atoms with Gasteiger partial charge in [0, 0.05) is 0 Å². The van der Waals surface area contributed by atoms with E-state index in [1.165, 1.54) is 19.3 Å². The molecular weight excluding hydrogens is 188 g/mol. The van der Waals surface area contributed by atoms with Gasteiger partial charge in [0.15, 0.2) is 0 Å². The summed E-state index contributed by atoms with van der Waals surface area (Å²) in [7, 11) is 0. The third kappa shape index (κ3) is 7.40. The molecule has 2 nitrogen and oxygen atoms in total. The van der Waals surface area contributed by atoms with Crippen LogP contribution in [0.2, 0.25) is 0 Å². The second-order valence-corrected chi connectivity index (χ2v) is 6.02. The molecule has 0 heterocycles. The van der Waals surface area contributed by atoms with Gasteiger partial charge in [-0.2, -0.15) is 0 Å². The molecule has 0 aromatic heterocycles. The Morgan fingerprint density at radius 3 is 2.20 bits per heavy atom. The van der Waals surface area contributed by atoms with E-state index in [1.54, 1.807) is 0 Å². The molecule has 0 aromatic rings. The summed E-state index contributed by atoms with van der Waals surface area (Å²) >= 11 is 0. The van der Waals surface area contributed by atoms with Crippen molar-refractivity contribution >= 4 is 6.47 Å². The molecule has 0 aromatic carbocycles. The number of unbranched alkanes of at least 4 members (excludes halogenated alkanes) is 1. The van der Waals surface area contributed by atoms with Gasteiger partial charge in [0.05, 0.1) is 6.61 Å². The summed E-state index contributed by atoms with van der Waals surface area (Å²) in [6.07, 6.45) is 4.86. The van der Waals surface area contributed by atoms with Gasteiger partial charge in [-0.1, -0.05) is 47.5 Å². The molecule has 0 aliphatic rings. The lowest BCUT2D eigenvalue weighted by molar-refractivity contribution is -0.132. The molecule has 0 fully saturated rings. The Morgan fingerprint density at radius 1 is 1.13 bits per heavy atom. The summed E-state index contributed by atoms with van der Waals surface area (Å²) in [4.78, 5) is 10.2. The first kappa shape index (κ1) is 14.5. The Balaban J connectivity index is 4.09. The molecule has 0 amide bonds. The van der Waals surface area contributed by atoms with Gasteiger partial charge in [0.1, 0.15) is 0 Å². The van der Waals surface area contributed by atoms with Crippen LogP contribution in [0.4, 0.5) is 0 Å². The highest BCUT2D eigenvalue weighted by Crippen LogP contribution is 2.37. The van der Waals surface area contributed by atoms with Crippen LogP contribution in [-0.2, 0) is 9.53 Å². The molecule has 0 radical (unpaired) electrons. The van der Waals surface area contributed by atoms with E-state index >= 15 is 0 Å². The van der Waals surface area contributed by atoms with Crippen molar-refractivity contribution in [1.29, 1.82) is 0 Å². The van der Waals surface area contributed by atoms with E-state index in [2.05, 4.69) is 34.6 Å². The second kappa shape index (κ2) is 6.14. The summed E-state index contributed by atoms with van der Waals surface area (Å²) in [5.74, 6) is 0. The molecule has 0 unspecified atom stereocenters. The van der Waals surface area contributed by atoms with Crippen LogP contribution in [0.1, 0.15) is 60.3 Å².